The third-order valence-electron chi connectivity index (χ3n) is 2.99. The van der Waals surface area contributed by atoms with Crippen molar-refractivity contribution >= 4 is 23.5 Å². The van der Waals surface area contributed by atoms with Crippen molar-refractivity contribution in [3.05, 3.63) is 34.3 Å². The number of carbonyl (C=O) groups excluding carboxylic acids is 1. The molecule has 0 unspecified atom stereocenters. The summed E-state index contributed by atoms with van der Waals surface area (Å²) in [4.78, 5) is 22.5. The van der Waals surface area contributed by atoms with Crippen molar-refractivity contribution in [2.45, 2.75) is 40.4 Å². The topological polar surface area (TPSA) is 66.4 Å². The van der Waals surface area contributed by atoms with E-state index in [4.69, 9.17) is 16.7 Å². The van der Waals surface area contributed by atoms with Crippen molar-refractivity contribution in [1.29, 1.82) is 0 Å². The number of carboxylic acids is 1. The normalized spacial score (nSPS) is 11.3. The summed E-state index contributed by atoms with van der Waals surface area (Å²) in [6.07, 6.45) is -4.68. The molecule has 4 nitrogen and oxygen atoms in total. The van der Waals surface area contributed by atoms with Crippen LogP contribution in [0.3, 0.4) is 0 Å². The molecule has 0 aliphatic heterocycles. The maximum atomic E-state index is 12.7. The number of carbonyl (C=O) groups is 2. The van der Waals surface area contributed by atoms with Gasteiger partial charge in [-0.1, -0.05) is 31.5 Å². The van der Waals surface area contributed by atoms with E-state index in [1.54, 1.807) is 0 Å². The molecule has 1 aromatic carbocycles. The Hall–Kier alpha value is -1.76. The number of hydrogen-bond donors (Lipinski definition) is 2. The van der Waals surface area contributed by atoms with Gasteiger partial charge in [0.15, 0.2) is 0 Å². The van der Waals surface area contributed by atoms with Crippen molar-refractivity contribution in [2.75, 3.05) is 0 Å². The lowest BCUT2D eigenvalue weighted by atomic mass is 9.91. The summed E-state index contributed by atoms with van der Waals surface area (Å²) in [6, 6.07) is 3.93. The van der Waals surface area contributed by atoms with Gasteiger partial charge >= 0.3 is 12.1 Å². The smallest absolute Gasteiger partial charge is 0.402 e. The molecule has 0 spiro atoms. The number of halogens is 4. The second-order valence-corrected chi connectivity index (χ2v) is 5.33. The Morgan fingerprint density at radius 3 is 2.17 bits per heavy atom. The number of hydrogen-bond acceptors (Lipinski definition) is 2. The van der Waals surface area contributed by atoms with Gasteiger partial charge in [-0.25, -0.2) is 4.79 Å². The minimum absolute atomic E-state index is 0.00759. The molecule has 0 aromatic heterocycles. The number of amides is 1. The minimum atomic E-state index is -4.68. The van der Waals surface area contributed by atoms with Gasteiger partial charge in [-0.3, -0.25) is 4.79 Å². The number of nitrogens with one attached hydrogen (secondary N) is 1. The van der Waals surface area contributed by atoms with E-state index in [9.17, 15) is 22.8 Å². The fourth-order valence-electron chi connectivity index (χ4n) is 1.38. The molecule has 0 radical (unpaired) electrons. The molecule has 1 amide bonds. The monoisotopic (exact) mass is 353 g/mol. The number of carboxylic acid groups (broad SMARTS) is 1. The molecule has 0 fully saturated rings. The third kappa shape index (κ3) is 5.42. The van der Waals surface area contributed by atoms with Crippen molar-refractivity contribution in [2.24, 2.45) is 5.41 Å². The molecule has 0 heterocycles. The van der Waals surface area contributed by atoms with Crippen LogP contribution < -0.4 is 5.32 Å². The summed E-state index contributed by atoms with van der Waals surface area (Å²) in [5.74, 6) is -2.45. The average molecular weight is 354 g/mol. The van der Waals surface area contributed by atoms with Crippen LogP contribution in [0.15, 0.2) is 18.2 Å². The van der Waals surface area contributed by atoms with Crippen LogP contribution in [0, 0.1) is 5.41 Å². The van der Waals surface area contributed by atoms with Crippen molar-refractivity contribution < 1.29 is 27.9 Å². The summed E-state index contributed by atoms with van der Waals surface area (Å²) in [7, 11) is 0. The van der Waals surface area contributed by atoms with E-state index in [1.165, 1.54) is 18.2 Å². The molecule has 0 atom stereocenters. The van der Waals surface area contributed by atoms with E-state index >= 15 is 0 Å². The zero-order valence-corrected chi connectivity index (χ0v) is 14.0. The van der Waals surface area contributed by atoms with Crippen molar-refractivity contribution in [3.63, 3.8) is 0 Å². The van der Waals surface area contributed by atoms with Crippen LogP contribution in [0.25, 0.3) is 0 Å². The predicted molar refractivity (Wildman–Crippen MR) is 81.4 cm³/mol. The van der Waals surface area contributed by atoms with Gasteiger partial charge in [0.1, 0.15) is 5.41 Å². The third-order valence-corrected chi connectivity index (χ3v) is 3.32. The number of benzene rings is 1. The molecule has 0 bridgehead atoms. The minimum Gasteiger partial charge on any atom is -0.478 e. The van der Waals surface area contributed by atoms with Crippen LogP contribution in [0.4, 0.5) is 13.2 Å². The van der Waals surface area contributed by atoms with E-state index in [-0.39, 0.29) is 17.1 Å². The van der Waals surface area contributed by atoms with Crippen molar-refractivity contribution in [3.8, 4) is 0 Å². The van der Waals surface area contributed by atoms with Crippen LogP contribution in [0.5, 0.6) is 0 Å². The fourth-order valence-corrected chi connectivity index (χ4v) is 1.58. The quantitative estimate of drug-likeness (QED) is 0.849. The molecular formula is C15H19ClF3NO3. The van der Waals surface area contributed by atoms with Crippen LogP contribution in [0.1, 0.15) is 43.6 Å². The lowest BCUT2D eigenvalue weighted by Gasteiger charge is -2.26. The fraction of sp³-hybridized carbons (Fsp3) is 0.467. The van der Waals surface area contributed by atoms with Gasteiger partial charge in [-0.05, 0) is 31.5 Å². The summed E-state index contributed by atoms with van der Waals surface area (Å²) >= 11 is 5.67. The van der Waals surface area contributed by atoms with Gasteiger partial charge in [-0.2, -0.15) is 13.2 Å². The molecule has 130 valence electrons. The van der Waals surface area contributed by atoms with Gasteiger partial charge < -0.3 is 10.4 Å². The summed E-state index contributed by atoms with van der Waals surface area (Å²) in [5.41, 5.74) is -2.38. The molecule has 1 rings (SSSR count). The Bertz CT molecular complexity index is 572. The Morgan fingerprint density at radius 2 is 1.74 bits per heavy atom. The molecule has 0 saturated carbocycles. The lowest BCUT2D eigenvalue weighted by Crippen LogP contribution is -2.46. The predicted octanol–water partition coefficient (Wildman–Crippen LogP) is 4.27. The second-order valence-electron chi connectivity index (χ2n) is 4.92. The molecule has 23 heavy (non-hydrogen) atoms. The standard InChI is InChI=1S/C13H13ClF3NO3.C2H6/c1-12(2,13(15,16)17)11(21)18-6-7-3-4-9(14)8(5-7)10(19)20;1-2/h3-5H,6H2,1-2H3,(H,18,21)(H,19,20);1-2H3. The maximum absolute atomic E-state index is 12.7. The van der Waals surface area contributed by atoms with Gasteiger partial charge in [0.25, 0.3) is 0 Å². The Labute approximate surface area is 137 Å². The highest BCUT2D eigenvalue weighted by molar-refractivity contribution is 6.33. The van der Waals surface area contributed by atoms with E-state index in [1.807, 2.05) is 13.8 Å². The van der Waals surface area contributed by atoms with E-state index in [0.717, 1.165) is 13.8 Å². The maximum Gasteiger partial charge on any atom is 0.402 e. The first-order valence-electron chi connectivity index (χ1n) is 6.83. The highest BCUT2D eigenvalue weighted by Gasteiger charge is 2.52. The summed E-state index contributed by atoms with van der Waals surface area (Å²) < 4.78 is 38.0. The second kappa shape index (κ2) is 8.19. The lowest BCUT2D eigenvalue weighted by molar-refractivity contribution is -0.211. The molecule has 0 saturated heterocycles. The Morgan fingerprint density at radius 1 is 1.22 bits per heavy atom. The number of alkyl halides is 3. The van der Waals surface area contributed by atoms with Gasteiger partial charge in [-0.15, -0.1) is 0 Å². The molecule has 0 aliphatic rings. The van der Waals surface area contributed by atoms with E-state index in [2.05, 4.69) is 5.32 Å². The van der Waals surface area contributed by atoms with Gasteiger partial charge in [0.05, 0.1) is 10.6 Å². The molecular weight excluding hydrogens is 335 g/mol. The first-order valence-corrected chi connectivity index (χ1v) is 7.21. The highest BCUT2D eigenvalue weighted by atomic mass is 35.5. The zero-order chi connectivity index (χ0) is 18.4. The number of aromatic carboxylic acids is 1. The van der Waals surface area contributed by atoms with Crippen LogP contribution >= 0.6 is 11.6 Å². The number of rotatable bonds is 4. The van der Waals surface area contributed by atoms with Crippen LogP contribution in [0.2, 0.25) is 5.02 Å². The Balaban J connectivity index is 0.00000232. The average Bonchev–Trinajstić information content (AvgIpc) is 2.46. The molecule has 0 aliphatic carbocycles. The first-order chi connectivity index (χ1) is 10.5. The molecule has 1 aromatic rings. The summed E-state index contributed by atoms with van der Waals surface area (Å²) in [5, 5.41) is 11.0. The molecule has 8 heteroatoms. The van der Waals surface area contributed by atoms with Gasteiger partial charge in [0, 0.05) is 6.54 Å². The van der Waals surface area contributed by atoms with Crippen molar-refractivity contribution in [1.82, 2.24) is 5.32 Å². The zero-order valence-electron chi connectivity index (χ0n) is 13.2. The summed E-state index contributed by atoms with van der Waals surface area (Å²) in [6.45, 7) is 5.32. The molecule has 2 N–H and O–H groups in total. The first kappa shape index (κ1) is 21.2. The van der Waals surface area contributed by atoms with E-state index in [0.29, 0.717) is 5.56 Å². The van der Waals surface area contributed by atoms with Crippen LogP contribution in [-0.2, 0) is 11.3 Å². The SMILES string of the molecule is CC.CC(C)(C(=O)NCc1ccc(Cl)c(C(=O)O)c1)C(F)(F)F. The van der Waals surface area contributed by atoms with Gasteiger partial charge in [0.2, 0.25) is 5.91 Å². The van der Waals surface area contributed by atoms with E-state index < -0.39 is 23.5 Å². The van der Waals surface area contributed by atoms with Crippen LogP contribution in [-0.4, -0.2) is 23.2 Å². The Kier molecular flexibility index (Phi) is 7.57. The largest absolute Gasteiger partial charge is 0.478 e. The highest BCUT2D eigenvalue weighted by Crippen LogP contribution is 2.37.